The summed E-state index contributed by atoms with van der Waals surface area (Å²) in [6, 6.07) is 2.06. The summed E-state index contributed by atoms with van der Waals surface area (Å²) in [6.07, 6.45) is 9.34. The zero-order valence-corrected chi connectivity index (χ0v) is 14.2. The molecular weight excluding hydrogens is 248 g/mol. The molecule has 0 bridgehead atoms. The van der Waals surface area contributed by atoms with Crippen LogP contribution >= 0.6 is 0 Å². The van der Waals surface area contributed by atoms with Crippen molar-refractivity contribution in [3.8, 4) is 0 Å². The molecule has 1 aliphatic rings. The Morgan fingerprint density at radius 2 is 1.80 bits per heavy atom. The Morgan fingerprint density at radius 3 is 2.40 bits per heavy atom. The topological polar surface area (TPSA) is 24.5 Å². The summed E-state index contributed by atoms with van der Waals surface area (Å²) in [6.45, 7) is 9.90. The van der Waals surface area contributed by atoms with E-state index >= 15 is 0 Å². The first-order chi connectivity index (χ1) is 9.78. The van der Waals surface area contributed by atoms with Crippen LogP contribution in [0.2, 0.25) is 0 Å². The van der Waals surface area contributed by atoms with Crippen LogP contribution in [0.3, 0.4) is 0 Å². The van der Waals surface area contributed by atoms with Crippen LogP contribution in [-0.2, 0) is 4.74 Å². The fourth-order valence-electron chi connectivity index (χ4n) is 3.76. The van der Waals surface area contributed by atoms with Crippen LogP contribution < -0.4 is 5.32 Å². The highest BCUT2D eigenvalue weighted by Crippen LogP contribution is 2.25. The van der Waals surface area contributed by atoms with Crippen molar-refractivity contribution in [2.75, 3.05) is 26.8 Å². The monoisotopic (exact) mass is 284 g/mol. The highest BCUT2D eigenvalue weighted by atomic mass is 16.5. The Morgan fingerprint density at radius 1 is 1.10 bits per heavy atom. The summed E-state index contributed by atoms with van der Waals surface area (Å²) in [5, 5.41) is 3.75. The second kappa shape index (κ2) is 10.6. The lowest BCUT2D eigenvalue weighted by molar-refractivity contribution is 0.0591. The van der Waals surface area contributed by atoms with Gasteiger partial charge in [-0.1, -0.05) is 40.0 Å². The Kier molecular flexibility index (Phi) is 9.49. The van der Waals surface area contributed by atoms with E-state index < -0.39 is 0 Å². The summed E-state index contributed by atoms with van der Waals surface area (Å²) in [5.41, 5.74) is 0. The highest BCUT2D eigenvalue weighted by Gasteiger charge is 2.31. The van der Waals surface area contributed by atoms with Crippen LogP contribution in [0.15, 0.2) is 0 Å². The molecule has 1 rings (SSSR count). The highest BCUT2D eigenvalue weighted by molar-refractivity contribution is 4.89. The molecule has 1 aliphatic carbocycles. The van der Waals surface area contributed by atoms with E-state index in [0.29, 0.717) is 18.1 Å². The lowest BCUT2D eigenvalue weighted by Crippen LogP contribution is -2.54. The predicted octanol–water partition coefficient (Wildman–Crippen LogP) is 3.43. The maximum atomic E-state index is 5.37. The van der Waals surface area contributed by atoms with Gasteiger partial charge in [-0.3, -0.25) is 4.90 Å². The Labute approximate surface area is 126 Å². The summed E-state index contributed by atoms with van der Waals surface area (Å²) in [5.74, 6) is 0. The lowest BCUT2D eigenvalue weighted by Gasteiger charge is -2.41. The smallest absolute Gasteiger partial charge is 0.0589 e. The van der Waals surface area contributed by atoms with E-state index in [2.05, 4.69) is 31.0 Å². The normalized spacial score (nSPS) is 24.3. The molecule has 0 radical (unpaired) electrons. The molecule has 2 atom stereocenters. The van der Waals surface area contributed by atoms with Gasteiger partial charge in [-0.05, 0) is 32.2 Å². The van der Waals surface area contributed by atoms with Gasteiger partial charge in [0.25, 0.3) is 0 Å². The molecule has 0 spiro atoms. The number of rotatable bonds is 9. The fourth-order valence-corrected chi connectivity index (χ4v) is 3.76. The Bertz CT molecular complexity index is 231. The minimum absolute atomic E-state index is 0.667. The zero-order chi connectivity index (χ0) is 14.8. The van der Waals surface area contributed by atoms with Crippen LogP contribution in [0.1, 0.15) is 65.7 Å². The van der Waals surface area contributed by atoms with Crippen LogP contribution in [0.25, 0.3) is 0 Å². The van der Waals surface area contributed by atoms with Crippen molar-refractivity contribution < 1.29 is 4.74 Å². The van der Waals surface area contributed by atoms with Gasteiger partial charge in [-0.15, -0.1) is 0 Å². The average Bonchev–Trinajstić information content (AvgIpc) is 2.69. The maximum absolute atomic E-state index is 5.37. The van der Waals surface area contributed by atoms with Crippen molar-refractivity contribution in [2.24, 2.45) is 0 Å². The zero-order valence-electron chi connectivity index (χ0n) is 14.2. The minimum Gasteiger partial charge on any atom is -0.383 e. The number of ether oxygens (including phenoxy) is 1. The van der Waals surface area contributed by atoms with Gasteiger partial charge in [0.15, 0.2) is 0 Å². The first-order valence-corrected chi connectivity index (χ1v) is 8.76. The van der Waals surface area contributed by atoms with Gasteiger partial charge >= 0.3 is 0 Å². The third-order valence-corrected chi connectivity index (χ3v) is 4.84. The van der Waals surface area contributed by atoms with E-state index in [-0.39, 0.29) is 0 Å². The van der Waals surface area contributed by atoms with Crippen molar-refractivity contribution in [3.05, 3.63) is 0 Å². The van der Waals surface area contributed by atoms with Gasteiger partial charge < -0.3 is 10.1 Å². The first kappa shape index (κ1) is 17.9. The number of hydrogen-bond donors (Lipinski definition) is 1. The third kappa shape index (κ3) is 5.34. The van der Waals surface area contributed by atoms with Gasteiger partial charge in [-0.2, -0.15) is 0 Å². The van der Waals surface area contributed by atoms with Crippen molar-refractivity contribution in [1.82, 2.24) is 10.2 Å². The maximum Gasteiger partial charge on any atom is 0.0589 e. The van der Waals surface area contributed by atoms with E-state index in [1.807, 2.05) is 7.11 Å². The van der Waals surface area contributed by atoms with Crippen molar-refractivity contribution in [3.63, 3.8) is 0 Å². The molecule has 3 nitrogen and oxygen atoms in total. The van der Waals surface area contributed by atoms with Gasteiger partial charge in [0.1, 0.15) is 0 Å². The Balaban J connectivity index is 2.81. The van der Waals surface area contributed by atoms with E-state index in [1.54, 1.807) is 0 Å². The molecule has 1 N–H and O–H groups in total. The molecular formula is C17H36N2O. The second-order valence-corrected chi connectivity index (χ2v) is 6.07. The Hall–Kier alpha value is -0.120. The third-order valence-electron chi connectivity index (χ3n) is 4.84. The van der Waals surface area contributed by atoms with Crippen LogP contribution in [-0.4, -0.2) is 49.8 Å². The number of methoxy groups -OCH3 is 1. The van der Waals surface area contributed by atoms with Gasteiger partial charge in [0, 0.05) is 31.8 Å². The van der Waals surface area contributed by atoms with Crippen LogP contribution in [0.4, 0.5) is 0 Å². The second-order valence-electron chi connectivity index (χ2n) is 6.07. The molecule has 0 aliphatic heterocycles. The summed E-state index contributed by atoms with van der Waals surface area (Å²) >= 11 is 0. The summed E-state index contributed by atoms with van der Waals surface area (Å²) in [7, 11) is 1.82. The largest absolute Gasteiger partial charge is 0.383 e. The standard InChI is InChI=1S/C17H36N2O/c1-5-15(6-2)19(13-14-20-4)17-12-10-8-9-11-16(17)18-7-3/h15-18H,5-14H2,1-4H3. The molecule has 120 valence electrons. The molecule has 3 heteroatoms. The fraction of sp³-hybridized carbons (Fsp3) is 1.00. The summed E-state index contributed by atoms with van der Waals surface area (Å²) in [4.78, 5) is 2.75. The van der Waals surface area contributed by atoms with Crippen molar-refractivity contribution in [2.45, 2.75) is 83.8 Å². The molecule has 1 saturated carbocycles. The summed E-state index contributed by atoms with van der Waals surface area (Å²) < 4.78 is 5.37. The molecule has 0 aromatic rings. The number of hydrogen-bond acceptors (Lipinski definition) is 3. The lowest BCUT2D eigenvalue weighted by atomic mass is 9.97. The predicted molar refractivity (Wildman–Crippen MR) is 87.3 cm³/mol. The van der Waals surface area contributed by atoms with Crippen molar-refractivity contribution in [1.29, 1.82) is 0 Å². The van der Waals surface area contributed by atoms with Gasteiger partial charge in [0.05, 0.1) is 6.61 Å². The number of likely N-dealkylation sites (N-methyl/N-ethyl adjacent to an activating group) is 1. The molecule has 0 aromatic heterocycles. The molecule has 20 heavy (non-hydrogen) atoms. The molecule has 0 aromatic carbocycles. The van der Waals surface area contributed by atoms with Crippen molar-refractivity contribution >= 4 is 0 Å². The minimum atomic E-state index is 0.667. The van der Waals surface area contributed by atoms with E-state index in [9.17, 15) is 0 Å². The molecule has 2 unspecified atom stereocenters. The quantitative estimate of drug-likeness (QED) is 0.657. The molecule has 1 fully saturated rings. The van der Waals surface area contributed by atoms with Crippen LogP contribution in [0.5, 0.6) is 0 Å². The number of nitrogens with one attached hydrogen (secondary N) is 1. The number of nitrogens with zero attached hydrogens (tertiary/aromatic N) is 1. The SMILES string of the molecule is CCNC1CCCCCC1N(CCOC)C(CC)CC. The van der Waals surface area contributed by atoms with E-state index in [4.69, 9.17) is 4.74 Å². The first-order valence-electron chi connectivity index (χ1n) is 8.76. The average molecular weight is 284 g/mol. The van der Waals surface area contributed by atoms with E-state index in [1.165, 1.54) is 44.9 Å². The molecule has 0 heterocycles. The van der Waals surface area contributed by atoms with Crippen LogP contribution in [0, 0.1) is 0 Å². The van der Waals surface area contributed by atoms with Gasteiger partial charge in [0.2, 0.25) is 0 Å². The molecule has 0 saturated heterocycles. The van der Waals surface area contributed by atoms with E-state index in [0.717, 1.165) is 19.7 Å². The molecule has 0 amide bonds. The van der Waals surface area contributed by atoms with Gasteiger partial charge in [-0.25, -0.2) is 0 Å².